The molecule has 1 aliphatic rings. The van der Waals surface area contributed by atoms with Gasteiger partial charge in [-0.1, -0.05) is 12.1 Å². The molecule has 1 saturated heterocycles. The Morgan fingerprint density at radius 2 is 2.06 bits per heavy atom. The van der Waals surface area contributed by atoms with Gasteiger partial charge in [0.15, 0.2) is 0 Å². The summed E-state index contributed by atoms with van der Waals surface area (Å²) < 4.78 is 18.5. The number of benzene rings is 1. The first-order valence-corrected chi connectivity index (χ1v) is 6.34. The van der Waals surface area contributed by atoms with Crippen molar-refractivity contribution in [3.8, 4) is 0 Å². The van der Waals surface area contributed by atoms with Crippen LogP contribution in [0.2, 0.25) is 0 Å². The molecule has 0 saturated carbocycles. The molecule has 0 amide bonds. The molecule has 2 rings (SSSR count). The molecule has 0 bridgehead atoms. The van der Waals surface area contributed by atoms with Gasteiger partial charge in [0.05, 0.1) is 12.2 Å². The lowest BCUT2D eigenvalue weighted by Crippen LogP contribution is -2.50. The predicted octanol–water partition coefficient (Wildman–Crippen LogP) is 1.94. The molecule has 2 N–H and O–H groups in total. The van der Waals surface area contributed by atoms with Crippen molar-refractivity contribution in [3.63, 3.8) is 0 Å². The zero-order chi connectivity index (χ0) is 13.2. The van der Waals surface area contributed by atoms with Crippen LogP contribution in [-0.2, 0) is 4.74 Å². The van der Waals surface area contributed by atoms with Crippen LogP contribution in [0.4, 0.5) is 4.39 Å². The lowest BCUT2D eigenvalue weighted by atomic mass is 10.0. The molecule has 1 unspecified atom stereocenters. The Hall–Kier alpha value is -0.970. The van der Waals surface area contributed by atoms with Gasteiger partial charge < -0.3 is 10.5 Å². The molecule has 0 spiro atoms. The number of rotatable bonds is 3. The van der Waals surface area contributed by atoms with Crippen LogP contribution < -0.4 is 5.73 Å². The van der Waals surface area contributed by atoms with E-state index in [1.54, 1.807) is 12.1 Å². The van der Waals surface area contributed by atoms with Gasteiger partial charge in [0.25, 0.3) is 0 Å². The molecule has 1 atom stereocenters. The topological polar surface area (TPSA) is 38.5 Å². The van der Waals surface area contributed by atoms with Gasteiger partial charge >= 0.3 is 0 Å². The van der Waals surface area contributed by atoms with E-state index in [2.05, 4.69) is 18.7 Å². The molecule has 1 aromatic carbocycles. The fraction of sp³-hybridized carbons (Fsp3) is 0.571. The van der Waals surface area contributed by atoms with Gasteiger partial charge in [0, 0.05) is 25.7 Å². The Labute approximate surface area is 108 Å². The first-order valence-electron chi connectivity index (χ1n) is 6.34. The van der Waals surface area contributed by atoms with E-state index in [0.717, 1.165) is 31.8 Å². The summed E-state index contributed by atoms with van der Waals surface area (Å²) in [7, 11) is 0. The van der Waals surface area contributed by atoms with E-state index in [1.807, 2.05) is 0 Å². The van der Waals surface area contributed by atoms with Crippen LogP contribution in [0.15, 0.2) is 24.3 Å². The van der Waals surface area contributed by atoms with Gasteiger partial charge in [0.1, 0.15) is 5.82 Å². The van der Waals surface area contributed by atoms with Gasteiger partial charge in [0.2, 0.25) is 0 Å². The second-order valence-corrected chi connectivity index (χ2v) is 5.50. The second kappa shape index (κ2) is 5.34. The Balaban J connectivity index is 1.94. The minimum Gasteiger partial charge on any atom is -0.373 e. The molecule has 0 aromatic heterocycles. The number of hydrogen-bond donors (Lipinski definition) is 1. The van der Waals surface area contributed by atoms with E-state index in [9.17, 15) is 4.39 Å². The number of ether oxygens (including phenoxy) is 1. The van der Waals surface area contributed by atoms with Crippen LogP contribution >= 0.6 is 0 Å². The number of morpholine rings is 1. The summed E-state index contributed by atoms with van der Waals surface area (Å²) in [5, 5.41) is 0. The van der Waals surface area contributed by atoms with Gasteiger partial charge in [-0.05, 0) is 31.5 Å². The fourth-order valence-corrected chi connectivity index (χ4v) is 2.36. The highest BCUT2D eigenvalue weighted by Gasteiger charge is 2.27. The maximum atomic E-state index is 12.8. The Kier molecular flexibility index (Phi) is 4.00. The third-order valence-electron chi connectivity index (χ3n) is 3.26. The van der Waals surface area contributed by atoms with Crippen molar-refractivity contribution >= 4 is 0 Å². The first-order chi connectivity index (χ1) is 8.46. The summed E-state index contributed by atoms with van der Waals surface area (Å²) in [5.74, 6) is -0.224. The van der Waals surface area contributed by atoms with Crippen LogP contribution in [0, 0.1) is 5.82 Å². The quantitative estimate of drug-likeness (QED) is 0.893. The summed E-state index contributed by atoms with van der Waals surface area (Å²) in [4.78, 5) is 2.30. The maximum absolute atomic E-state index is 12.8. The number of halogens is 1. The molecule has 4 heteroatoms. The van der Waals surface area contributed by atoms with Crippen molar-refractivity contribution in [1.82, 2.24) is 4.90 Å². The lowest BCUT2D eigenvalue weighted by Gasteiger charge is -2.39. The average Bonchev–Trinajstić information content (AvgIpc) is 2.28. The smallest absolute Gasteiger partial charge is 0.123 e. The molecule has 18 heavy (non-hydrogen) atoms. The van der Waals surface area contributed by atoms with E-state index in [0.29, 0.717) is 0 Å². The molecule has 1 fully saturated rings. The fourth-order valence-electron chi connectivity index (χ4n) is 2.36. The standard InChI is InChI=1S/C14H21FN2O/c1-14(2)10-17(7-8-18-14)9-13(16)11-3-5-12(15)6-4-11/h3-6,13H,7-10,16H2,1-2H3. The normalized spacial score (nSPS) is 21.8. The summed E-state index contributed by atoms with van der Waals surface area (Å²) >= 11 is 0. The number of nitrogens with two attached hydrogens (primary N) is 1. The van der Waals surface area contributed by atoms with Crippen molar-refractivity contribution < 1.29 is 9.13 Å². The molecule has 1 aliphatic heterocycles. The first kappa shape index (κ1) is 13.5. The van der Waals surface area contributed by atoms with Crippen LogP contribution in [0.5, 0.6) is 0 Å². The summed E-state index contributed by atoms with van der Waals surface area (Å²) in [6.07, 6.45) is 0. The highest BCUT2D eigenvalue weighted by Crippen LogP contribution is 2.19. The molecule has 3 nitrogen and oxygen atoms in total. The number of hydrogen-bond acceptors (Lipinski definition) is 3. The van der Waals surface area contributed by atoms with Crippen molar-refractivity contribution in [3.05, 3.63) is 35.6 Å². The largest absolute Gasteiger partial charge is 0.373 e. The predicted molar refractivity (Wildman–Crippen MR) is 69.8 cm³/mol. The van der Waals surface area contributed by atoms with Crippen LogP contribution in [0.3, 0.4) is 0 Å². The maximum Gasteiger partial charge on any atom is 0.123 e. The minimum atomic E-state index is -0.224. The molecular formula is C14H21FN2O. The van der Waals surface area contributed by atoms with Crippen molar-refractivity contribution in [2.75, 3.05) is 26.2 Å². The third kappa shape index (κ3) is 3.51. The van der Waals surface area contributed by atoms with E-state index in [4.69, 9.17) is 10.5 Å². The van der Waals surface area contributed by atoms with Gasteiger partial charge in [-0.3, -0.25) is 4.90 Å². The van der Waals surface area contributed by atoms with Gasteiger partial charge in [-0.25, -0.2) is 4.39 Å². The molecule has 0 radical (unpaired) electrons. The van der Waals surface area contributed by atoms with Crippen molar-refractivity contribution in [2.45, 2.75) is 25.5 Å². The van der Waals surface area contributed by atoms with E-state index in [1.165, 1.54) is 12.1 Å². The average molecular weight is 252 g/mol. The zero-order valence-corrected chi connectivity index (χ0v) is 11.0. The summed E-state index contributed by atoms with van der Waals surface area (Å²) in [6.45, 7) is 7.47. The van der Waals surface area contributed by atoms with Gasteiger partial charge in [-0.15, -0.1) is 0 Å². The molecular weight excluding hydrogens is 231 g/mol. The van der Waals surface area contributed by atoms with Gasteiger partial charge in [-0.2, -0.15) is 0 Å². The highest BCUT2D eigenvalue weighted by molar-refractivity contribution is 5.19. The van der Waals surface area contributed by atoms with Crippen LogP contribution in [0.25, 0.3) is 0 Å². The van der Waals surface area contributed by atoms with Crippen LogP contribution in [-0.4, -0.2) is 36.7 Å². The van der Waals surface area contributed by atoms with E-state index >= 15 is 0 Å². The van der Waals surface area contributed by atoms with E-state index < -0.39 is 0 Å². The molecule has 0 aliphatic carbocycles. The summed E-state index contributed by atoms with van der Waals surface area (Å²) in [6, 6.07) is 6.34. The molecule has 100 valence electrons. The SMILES string of the molecule is CC1(C)CN(CC(N)c2ccc(F)cc2)CCO1. The Morgan fingerprint density at radius 3 is 2.67 bits per heavy atom. The molecule has 1 aromatic rings. The Morgan fingerprint density at radius 1 is 1.39 bits per heavy atom. The second-order valence-electron chi connectivity index (χ2n) is 5.50. The lowest BCUT2D eigenvalue weighted by molar-refractivity contribution is -0.0869. The number of nitrogens with zero attached hydrogens (tertiary/aromatic N) is 1. The van der Waals surface area contributed by atoms with Crippen molar-refractivity contribution in [1.29, 1.82) is 0 Å². The van der Waals surface area contributed by atoms with Crippen LogP contribution in [0.1, 0.15) is 25.5 Å². The van der Waals surface area contributed by atoms with E-state index in [-0.39, 0.29) is 17.5 Å². The third-order valence-corrected chi connectivity index (χ3v) is 3.26. The monoisotopic (exact) mass is 252 g/mol. The molecule has 1 heterocycles. The summed E-state index contributed by atoms with van der Waals surface area (Å²) in [5.41, 5.74) is 7.02. The van der Waals surface area contributed by atoms with Crippen molar-refractivity contribution in [2.24, 2.45) is 5.73 Å². The zero-order valence-electron chi connectivity index (χ0n) is 11.0. The Bertz CT molecular complexity index is 391. The highest BCUT2D eigenvalue weighted by atomic mass is 19.1. The minimum absolute atomic E-state index is 0.0838.